The van der Waals surface area contributed by atoms with Crippen molar-refractivity contribution in [1.29, 1.82) is 0 Å². The number of nitrogens with one attached hydrogen (secondary N) is 1. The molecule has 0 unspecified atom stereocenters. The van der Waals surface area contributed by atoms with Gasteiger partial charge in [-0.05, 0) is 24.1 Å². The zero-order valence-corrected chi connectivity index (χ0v) is 19.0. The quantitative estimate of drug-likeness (QED) is 0.343. The van der Waals surface area contributed by atoms with Crippen molar-refractivity contribution in [2.24, 2.45) is 10.7 Å². The molecule has 2 aromatic rings. The first-order chi connectivity index (χ1) is 13.7. The van der Waals surface area contributed by atoms with E-state index in [9.17, 15) is 4.79 Å². The summed E-state index contributed by atoms with van der Waals surface area (Å²) < 4.78 is 0. The molecule has 1 fully saturated rings. The van der Waals surface area contributed by atoms with Crippen LogP contribution in [0.4, 0.5) is 5.69 Å². The molecule has 0 bridgehead atoms. The lowest BCUT2D eigenvalue weighted by molar-refractivity contribution is -0.131. The van der Waals surface area contributed by atoms with E-state index in [1.807, 2.05) is 41.3 Å². The highest BCUT2D eigenvalue weighted by atomic mass is 127. The molecule has 0 spiro atoms. The van der Waals surface area contributed by atoms with Crippen LogP contribution in [0.25, 0.3) is 0 Å². The molecule has 2 aromatic carbocycles. The van der Waals surface area contributed by atoms with Gasteiger partial charge in [0, 0.05) is 44.8 Å². The molecule has 1 saturated heterocycles. The number of anilines is 1. The third-order valence-corrected chi connectivity index (χ3v) is 4.92. The molecule has 1 amide bonds. The normalized spacial score (nSPS) is 14.3. The number of guanidine groups is 1. The second-order valence-corrected chi connectivity index (χ2v) is 6.88. The Bertz CT molecular complexity index is 761. The maximum absolute atomic E-state index is 12.4. The molecule has 29 heavy (non-hydrogen) atoms. The lowest BCUT2D eigenvalue weighted by Crippen LogP contribution is -2.49. The number of carbonyl (C=O) groups is 1. The predicted octanol–water partition coefficient (Wildman–Crippen LogP) is 2.49. The summed E-state index contributed by atoms with van der Waals surface area (Å²) in [6.07, 6.45) is 1.29. The van der Waals surface area contributed by atoms with Crippen LogP contribution in [0.5, 0.6) is 0 Å². The molecule has 3 N–H and O–H groups in total. The van der Waals surface area contributed by atoms with Gasteiger partial charge in [-0.25, -0.2) is 0 Å². The molecule has 0 saturated carbocycles. The molecule has 1 aliphatic rings. The van der Waals surface area contributed by atoms with E-state index in [0.29, 0.717) is 18.9 Å². The van der Waals surface area contributed by atoms with Crippen LogP contribution in [0.1, 0.15) is 12.0 Å². The molecule has 156 valence electrons. The van der Waals surface area contributed by atoms with Gasteiger partial charge in [-0.3, -0.25) is 9.79 Å². The minimum Gasteiger partial charge on any atom is -0.370 e. The first-order valence-electron chi connectivity index (χ1n) is 9.88. The molecule has 0 atom stereocenters. The van der Waals surface area contributed by atoms with Gasteiger partial charge in [-0.2, -0.15) is 0 Å². The van der Waals surface area contributed by atoms with E-state index < -0.39 is 0 Å². The number of rotatable bonds is 7. The number of nitrogens with zero attached hydrogens (tertiary/aromatic N) is 3. The van der Waals surface area contributed by atoms with Crippen molar-refractivity contribution in [3.05, 3.63) is 66.2 Å². The summed E-state index contributed by atoms with van der Waals surface area (Å²) in [6, 6.07) is 20.6. The number of para-hydroxylation sites is 1. The van der Waals surface area contributed by atoms with Crippen molar-refractivity contribution in [3.63, 3.8) is 0 Å². The van der Waals surface area contributed by atoms with Gasteiger partial charge in [-0.1, -0.05) is 48.5 Å². The predicted molar refractivity (Wildman–Crippen MR) is 130 cm³/mol. The van der Waals surface area contributed by atoms with Crippen LogP contribution in [0.2, 0.25) is 0 Å². The van der Waals surface area contributed by atoms with Gasteiger partial charge in [0.05, 0.1) is 6.54 Å². The number of hydrogen-bond acceptors (Lipinski definition) is 3. The van der Waals surface area contributed by atoms with Crippen LogP contribution in [-0.2, 0) is 11.2 Å². The fourth-order valence-electron chi connectivity index (χ4n) is 3.32. The van der Waals surface area contributed by atoms with Gasteiger partial charge in [-0.15, -0.1) is 24.0 Å². The second kappa shape index (κ2) is 12.3. The van der Waals surface area contributed by atoms with E-state index in [4.69, 9.17) is 5.73 Å². The minimum atomic E-state index is 0. The Morgan fingerprint density at radius 2 is 1.59 bits per heavy atom. The number of amides is 1. The Balaban J connectivity index is 0.00000300. The summed E-state index contributed by atoms with van der Waals surface area (Å²) in [5, 5.41) is 3.10. The van der Waals surface area contributed by atoms with Gasteiger partial charge in [0.15, 0.2) is 5.96 Å². The number of carbonyl (C=O) groups excluding carboxylic acids is 1. The lowest BCUT2D eigenvalue weighted by Gasteiger charge is -2.36. The van der Waals surface area contributed by atoms with Crippen molar-refractivity contribution in [2.45, 2.75) is 12.8 Å². The Kier molecular flexibility index (Phi) is 9.76. The number of piperazine rings is 1. The topological polar surface area (TPSA) is 74.0 Å². The van der Waals surface area contributed by atoms with Gasteiger partial charge in [0.2, 0.25) is 5.91 Å². The van der Waals surface area contributed by atoms with Gasteiger partial charge in [0.1, 0.15) is 0 Å². The van der Waals surface area contributed by atoms with Crippen LogP contribution in [0.3, 0.4) is 0 Å². The fourth-order valence-corrected chi connectivity index (χ4v) is 3.32. The molecule has 1 heterocycles. The summed E-state index contributed by atoms with van der Waals surface area (Å²) in [4.78, 5) is 20.9. The summed E-state index contributed by atoms with van der Waals surface area (Å²) in [7, 11) is 0. The van der Waals surface area contributed by atoms with E-state index in [-0.39, 0.29) is 29.9 Å². The monoisotopic (exact) mass is 507 g/mol. The number of hydrogen-bond donors (Lipinski definition) is 2. The van der Waals surface area contributed by atoms with E-state index in [1.165, 1.54) is 11.3 Å². The zero-order chi connectivity index (χ0) is 19.6. The first-order valence-corrected chi connectivity index (χ1v) is 9.88. The highest BCUT2D eigenvalue weighted by Gasteiger charge is 2.20. The molecule has 0 aliphatic carbocycles. The van der Waals surface area contributed by atoms with E-state index in [2.05, 4.69) is 39.5 Å². The molecule has 6 nitrogen and oxygen atoms in total. The second-order valence-electron chi connectivity index (χ2n) is 6.88. The zero-order valence-electron chi connectivity index (χ0n) is 16.7. The van der Waals surface area contributed by atoms with Crippen molar-refractivity contribution >= 4 is 41.5 Å². The standard InChI is InChI=1S/C22H29N5O.HI/c23-22(24-13-11-19-7-3-1-4-8-19)25-14-12-21(28)27-17-15-26(16-18-27)20-9-5-2-6-10-20;/h1-10H,11-18H2,(H3,23,24,25);1H. The SMILES string of the molecule is I.NC(=NCCC(=O)N1CCN(c2ccccc2)CC1)NCCc1ccccc1. The van der Waals surface area contributed by atoms with Crippen LogP contribution in [0, 0.1) is 0 Å². The molecular formula is C22H30IN5O. The smallest absolute Gasteiger partial charge is 0.224 e. The first kappa shape index (κ1) is 23.0. The number of benzene rings is 2. The van der Waals surface area contributed by atoms with Gasteiger partial charge in [0.25, 0.3) is 0 Å². The third kappa shape index (κ3) is 7.56. The summed E-state index contributed by atoms with van der Waals surface area (Å²) in [6.45, 7) is 4.38. The third-order valence-electron chi connectivity index (χ3n) is 4.92. The van der Waals surface area contributed by atoms with Crippen molar-refractivity contribution in [1.82, 2.24) is 10.2 Å². The lowest BCUT2D eigenvalue weighted by atomic mass is 10.1. The van der Waals surface area contributed by atoms with Crippen molar-refractivity contribution < 1.29 is 4.79 Å². The van der Waals surface area contributed by atoms with Crippen LogP contribution >= 0.6 is 24.0 Å². The number of halogens is 1. The fraction of sp³-hybridized carbons (Fsp3) is 0.364. The molecule has 0 aromatic heterocycles. The van der Waals surface area contributed by atoms with Crippen molar-refractivity contribution in [3.8, 4) is 0 Å². The van der Waals surface area contributed by atoms with Crippen LogP contribution < -0.4 is 16.0 Å². The molecule has 1 aliphatic heterocycles. The highest BCUT2D eigenvalue weighted by molar-refractivity contribution is 14.0. The van der Waals surface area contributed by atoms with E-state index >= 15 is 0 Å². The van der Waals surface area contributed by atoms with E-state index in [1.54, 1.807) is 0 Å². The van der Waals surface area contributed by atoms with Crippen molar-refractivity contribution in [2.75, 3.05) is 44.2 Å². The van der Waals surface area contributed by atoms with E-state index in [0.717, 1.165) is 39.1 Å². The Morgan fingerprint density at radius 3 is 2.24 bits per heavy atom. The molecule has 0 radical (unpaired) electrons. The Hall–Kier alpha value is -2.29. The van der Waals surface area contributed by atoms with Gasteiger partial charge >= 0.3 is 0 Å². The summed E-state index contributed by atoms with van der Waals surface area (Å²) in [5.41, 5.74) is 8.37. The highest BCUT2D eigenvalue weighted by Crippen LogP contribution is 2.15. The van der Waals surface area contributed by atoms with Gasteiger partial charge < -0.3 is 20.9 Å². The molecular weight excluding hydrogens is 477 g/mol. The Morgan fingerprint density at radius 1 is 0.966 bits per heavy atom. The molecule has 7 heteroatoms. The molecule has 3 rings (SSSR count). The number of aliphatic imine (C=N–C) groups is 1. The minimum absolute atomic E-state index is 0. The Labute approximate surface area is 190 Å². The average molecular weight is 507 g/mol. The summed E-state index contributed by atoms with van der Waals surface area (Å²) >= 11 is 0. The average Bonchev–Trinajstić information content (AvgIpc) is 2.75. The van der Waals surface area contributed by atoms with Crippen LogP contribution in [-0.4, -0.2) is 56.0 Å². The number of nitrogens with two attached hydrogens (primary N) is 1. The largest absolute Gasteiger partial charge is 0.370 e. The maximum Gasteiger partial charge on any atom is 0.224 e. The van der Waals surface area contributed by atoms with Crippen LogP contribution in [0.15, 0.2) is 65.7 Å². The maximum atomic E-state index is 12.4. The summed E-state index contributed by atoms with van der Waals surface area (Å²) in [5.74, 6) is 0.547.